The molecule has 2 aromatic rings. The molecule has 3 rings (SSSR count). The van der Waals surface area contributed by atoms with Crippen LogP contribution in [0.15, 0.2) is 23.4 Å². The van der Waals surface area contributed by atoms with Crippen molar-refractivity contribution >= 4 is 40.3 Å². The zero-order valence-corrected chi connectivity index (χ0v) is 18.7. The van der Waals surface area contributed by atoms with E-state index in [1.807, 2.05) is 5.38 Å². The van der Waals surface area contributed by atoms with Gasteiger partial charge < -0.3 is 15.4 Å². The second-order valence-electron chi connectivity index (χ2n) is 7.41. The molecule has 33 heavy (non-hydrogen) atoms. The first kappa shape index (κ1) is 24.3. The van der Waals surface area contributed by atoms with Crippen LogP contribution in [-0.4, -0.2) is 37.1 Å². The Balaban J connectivity index is 1.91. The third kappa shape index (κ3) is 5.35. The second-order valence-corrected chi connectivity index (χ2v) is 8.16. The lowest BCUT2D eigenvalue weighted by Crippen LogP contribution is -2.35. The number of carbonyl (C=O) groups excluding carboxylic acids is 2. The Labute approximate surface area is 193 Å². The van der Waals surface area contributed by atoms with Gasteiger partial charge in [-0.3, -0.25) is 14.9 Å². The van der Waals surface area contributed by atoms with Crippen LogP contribution in [0.2, 0.25) is 0 Å². The lowest BCUT2D eigenvalue weighted by molar-refractivity contribution is -0.130. The lowest BCUT2D eigenvalue weighted by atomic mass is 9.89. The van der Waals surface area contributed by atoms with E-state index in [1.165, 1.54) is 18.4 Å². The summed E-state index contributed by atoms with van der Waals surface area (Å²) in [5, 5.41) is 20.7. The smallest absolute Gasteiger partial charge is 0.249 e. The molecule has 2 amide bonds. The number of pyridine rings is 1. The Morgan fingerprint density at radius 2 is 2.18 bits per heavy atom. The normalized spacial score (nSPS) is 17.3. The Morgan fingerprint density at radius 1 is 1.39 bits per heavy atom. The van der Waals surface area contributed by atoms with Crippen LogP contribution in [0.25, 0.3) is 0 Å². The number of ether oxygens (including phenoxy) is 1. The molecule has 1 saturated carbocycles. The first-order valence-corrected chi connectivity index (χ1v) is 11.2. The number of aromatic nitrogens is 1. The van der Waals surface area contributed by atoms with Crippen LogP contribution in [0.5, 0.6) is 0 Å². The fraction of sp³-hybridized carbons (Fsp3) is 0.364. The van der Waals surface area contributed by atoms with Crippen molar-refractivity contribution < 1.29 is 23.1 Å². The molecule has 2 atom stereocenters. The van der Waals surface area contributed by atoms with E-state index in [4.69, 9.17) is 4.74 Å². The molecule has 1 aliphatic rings. The minimum atomic E-state index is -1.11. The monoisotopic (exact) mass is 475 g/mol. The van der Waals surface area contributed by atoms with Crippen molar-refractivity contribution in [2.45, 2.75) is 25.2 Å². The van der Waals surface area contributed by atoms with E-state index >= 15 is 4.39 Å². The van der Waals surface area contributed by atoms with Crippen LogP contribution < -0.4 is 16.0 Å². The fourth-order valence-corrected chi connectivity index (χ4v) is 4.73. The van der Waals surface area contributed by atoms with Gasteiger partial charge in [0.15, 0.2) is 11.6 Å². The molecule has 2 heterocycles. The predicted molar refractivity (Wildman–Crippen MR) is 120 cm³/mol. The molecule has 8 nitrogen and oxygen atoms in total. The van der Waals surface area contributed by atoms with Gasteiger partial charge in [-0.2, -0.15) is 14.6 Å². The summed E-state index contributed by atoms with van der Waals surface area (Å²) in [5.74, 6) is -4.01. The van der Waals surface area contributed by atoms with Crippen LogP contribution in [-0.2, 0) is 14.3 Å². The zero-order valence-electron chi connectivity index (χ0n) is 17.9. The zero-order chi connectivity index (χ0) is 24.0. The van der Waals surface area contributed by atoms with Crippen LogP contribution in [0.3, 0.4) is 0 Å². The minimum absolute atomic E-state index is 0.192. The number of imide groups is 1. The summed E-state index contributed by atoms with van der Waals surface area (Å²) in [6.45, 7) is 3.79. The average molecular weight is 476 g/mol. The Kier molecular flexibility index (Phi) is 8.08. The molecule has 0 radical (unpaired) electrons. The number of carbonyl (C=O) groups is 2. The molecule has 0 saturated heterocycles. The lowest BCUT2D eigenvalue weighted by Gasteiger charge is -2.20. The van der Waals surface area contributed by atoms with Crippen LogP contribution in [0.4, 0.5) is 26.0 Å². The topological polar surface area (TPSA) is 116 Å². The number of rotatable bonds is 9. The van der Waals surface area contributed by atoms with E-state index in [-0.39, 0.29) is 30.6 Å². The van der Waals surface area contributed by atoms with Gasteiger partial charge in [0, 0.05) is 25.0 Å². The summed E-state index contributed by atoms with van der Waals surface area (Å²) in [5.41, 5.74) is 0.298. The minimum Gasteiger partial charge on any atom is -0.383 e. The van der Waals surface area contributed by atoms with Gasteiger partial charge in [0.25, 0.3) is 0 Å². The van der Waals surface area contributed by atoms with Gasteiger partial charge in [0.1, 0.15) is 17.3 Å². The Morgan fingerprint density at radius 3 is 2.88 bits per heavy atom. The molecule has 3 N–H and O–H groups in total. The van der Waals surface area contributed by atoms with Gasteiger partial charge in [-0.15, -0.1) is 11.3 Å². The van der Waals surface area contributed by atoms with E-state index in [0.29, 0.717) is 18.5 Å². The maximum Gasteiger partial charge on any atom is 0.249 e. The van der Waals surface area contributed by atoms with Gasteiger partial charge in [-0.1, -0.05) is 13.0 Å². The molecule has 174 valence electrons. The van der Waals surface area contributed by atoms with Crippen LogP contribution in [0, 0.1) is 29.0 Å². The molecular formula is C22H23F2N5O3S. The average Bonchev–Trinajstić information content (AvgIpc) is 3.46. The van der Waals surface area contributed by atoms with E-state index in [2.05, 4.69) is 27.5 Å². The highest BCUT2D eigenvalue weighted by Gasteiger charge is 2.36. The van der Waals surface area contributed by atoms with Crippen molar-refractivity contribution in [3.8, 4) is 6.07 Å². The van der Waals surface area contributed by atoms with Gasteiger partial charge in [0.2, 0.25) is 17.8 Å². The molecule has 11 heteroatoms. The summed E-state index contributed by atoms with van der Waals surface area (Å²) in [4.78, 5) is 27.7. The Hall–Kier alpha value is -3.36. The first-order valence-electron chi connectivity index (χ1n) is 10.2. The van der Waals surface area contributed by atoms with E-state index in [0.717, 1.165) is 18.1 Å². The predicted octanol–water partition coefficient (Wildman–Crippen LogP) is 3.81. The van der Waals surface area contributed by atoms with Gasteiger partial charge in [-0.25, -0.2) is 4.39 Å². The molecular weight excluding hydrogens is 452 g/mol. The molecule has 0 unspecified atom stereocenters. The number of anilines is 3. The van der Waals surface area contributed by atoms with Crippen LogP contribution in [0.1, 0.15) is 36.3 Å². The largest absolute Gasteiger partial charge is 0.383 e. The van der Waals surface area contributed by atoms with Crippen molar-refractivity contribution in [3.63, 3.8) is 0 Å². The number of halogens is 2. The van der Waals surface area contributed by atoms with Gasteiger partial charge >= 0.3 is 0 Å². The van der Waals surface area contributed by atoms with Crippen molar-refractivity contribution in [2.24, 2.45) is 5.92 Å². The van der Waals surface area contributed by atoms with E-state index in [1.54, 1.807) is 11.4 Å². The highest BCUT2D eigenvalue weighted by molar-refractivity contribution is 7.08. The highest BCUT2D eigenvalue weighted by Crippen LogP contribution is 2.45. The highest BCUT2D eigenvalue weighted by atomic mass is 32.1. The number of hydrogen-bond acceptors (Lipinski definition) is 8. The molecule has 0 aromatic carbocycles. The molecule has 0 aliphatic heterocycles. The molecule has 2 aromatic heterocycles. The quantitative estimate of drug-likeness (QED) is 0.287. The number of hydrogen-bond donors (Lipinski definition) is 3. The van der Waals surface area contributed by atoms with Crippen molar-refractivity contribution in [3.05, 3.63) is 46.3 Å². The summed E-state index contributed by atoms with van der Waals surface area (Å²) in [6, 6.07) is 1.66. The SMILES string of the molecule is C=CC(=O)NC(=O)[C@H]1CCC[C@H]1c1cscc1Nc1c(F)c(NCCOC)nc(F)c1C#N. The fourth-order valence-electron chi connectivity index (χ4n) is 3.88. The summed E-state index contributed by atoms with van der Waals surface area (Å²) < 4.78 is 34.5. The van der Waals surface area contributed by atoms with Gasteiger partial charge in [0.05, 0.1) is 12.3 Å². The molecule has 1 aliphatic carbocycles. The number of thiophene rings is 1. The molecule has 0 bridgehead atoms. The van der Waals surface area contributed by atoms with E-state index in [9.17, 15) is 19.2 Å². The molecule has 0 spiro atoms. The number of amides is 2. The summed E-state index contributed by atoms with van der Waals surface area (Å²) in [7, 11) is 1.47. The van der Waals surface area contributed by atoms with E-state index < -0.39 is 35.1 Å². The number of nitriles is 1. The number of nitrogens with zero attached hydrogens (tertiary/aromatic N) is 2. The first-order chi connectivity index (χ1) is 15.9. The van der Waals surface area contributed by atoms with Crippen molar-refractivity contribution in [1.29, 1.82) is 5.26 Å². The Bertz CT molecular complexity index is 1100. The summed E-state index contributed by atoms with van der Waals surface area (Å²) >= 11 is 1.32. The standard InChI is InChI=1S/C22H23F2N5O3S/c1-3-17(30)28-22(31)13-6-4-5-12(13)15-10-33-11-16(15)27-19-14(9-25)20(24)29-21(18(19)23)26-7-8-32-2/h3,10-13H,1,4-8H2,2H3,(H2,26,27,29)(H,28,30,31)/t12-,13+/m1/s1. The third-order valence-electron chi connectivity index (χ3n) is 5.44. The van der Waals surface area contributed by atoms with Crippen molar-refractivity contribution in [2.75, 3.05) is 30.9 Å². The van der Waals surface area contributed by atoms with Crippen LogP contribution >= 0.6 is 11.3 Å². The number of nitrogens with one attached hydrogen (secondary N) is 3. The van der Waals surface area contributed by atoms with Crippen molar-refractivity contribution in [1.82, 2.24) is 10.3 Å². The maximum atomic E-state index is 15.2. The third-order valence-corrected chi connectivity index (χ3v) is 6.20. The summed E-state index contributed by atoms with van der Waals surface area (Å²) in [6.07, 6.45) is 3.08. The number of methoxy groups -OCH3 is 1. The van der Waals surface area contributed by atoms with Gasteiger partial charge in [-0.05, 0) is 35.8 Å². The molecule has 1 fully saturated rings. The maximum absolute atomic E-state index is 15.2. The second kappa shape index (κ2) is 11.0.